The first kappa shape index (κ1) is 25.7. The molecule has 38 heavy (non-hydrogen) atoms. The van der Waals surface area contributed by atoms with Crippen molar-refractivity contribution in [1.82, 2.24) is 9.97 Å². The molecule has 0 aliphatic rings. The van der Waals surface area contributed by atoms with Gasteiger partial charge in [-0.05, 0) is 38.6 Å². The van der Waals surface area contributed by atoms with E-state index in [1.165, 1.54) is 20.7 Å². The van der Waals surface area contributed by atoms with E-state index in [1.54, 1.807) is 6.20 Å². The standard InChI is InChI=1S/C34H25N2Si.Ir/c1-4-12-29(13-5-1)37(30-14-6-2-7-15-30,31-16-8-3-9-17-31)32-23-24-34(36-26-32)28-21-19-27(20-22-28)33-18-10-11-25-35-33;/h1-19,21-26H;/q-1;. The predicted molar refractivity (Wildman–Crippen MR) is 155 cm³/mol. The Morgan fingerprint density at radius 3 is 1.50 bits per heavy atom. The normalized spacial score (nSPS) is 10.9. The van der Waals surface area contributed by atoms with Crippen LogP contribution in [0.1, 0.15) is 0 Å². The molecule has 4 aromatic carbocycles. The molecule has 0 saturated carbocycles. The maximum Gasteiger partial charge on any atom is 0.181 e. The average Bonchev–Trinajstić information content (AvgIpc) is 3.00. The number of hydrogen-bond acceptors (Lipinski definition) is 2. The Kier molecular flexibility index (Phi) is 7.85. The fraction of sp³-hybridized carbons (Fsp3) is 0. The van der Waals surface area contributed by atoms with Crippen LogP contribution in [-0.4, -0.2) is 18.0 Å². The molecular formula is C34H25IrN2Si-. The van der Waals surface area contributed by atoms with E-state index in [0.717, 1.165) is 22.5 Å². The summed E-state index contributed by atoms with van der Waals surface area (Å²) in [7, 11) is -2.56. The van der Waals surface area contributed by atoms with Crippen molar-refractivity contribution in [3.63, 3.8) is 0 Å². The van der Waals surface area contributed by atoms with Crippen molar-refractivity contribution in [2.24, 2.45) is 0 Å². The summed E-state index contributed by atoms with van der Waals surface area (Å²) in [5.74, 6) is 0. The van der Waals surface area contributed by atoms with Crippen LogP contribution in [0.25, 0.3) is 22.5 Å². The third-order valence-corrected chi connectivity index (χ3v) is 11.6. The Labute approximate surface area is 238 Å². The summed E-state index contributed by atoms with van der Waals surface area (Å²) in [6, 6.07) is 52.6. The van der Waals surface area contributed by atoms with Gasteiger partial charge in [0.1, 0.15) is 0 Å². The summed E-state index contributed by atoms with van der Waals surface area (Å²) in [6.07, 6.45) is 3.89. The van der Waals surface area contributed by atoms with Crippen LogP contribution in [0, 0.1) is 6.07 Å². The molecule has 185 valence electrons. The van der Waals surface area contributed by atoms with Crippen molar-refractivity contribution in [3.05, 3.63) is 158 Å². The van der Waals surface area contributed by atoms with Crippen molar-refractivity contribution >= 4 is 28.8 Å². The van der Waals surface area contributed by atoms with E-state index in [0.29, 0.717) is 0 Å². The first-order chi connectivity index (χ1) is 18.4. The Balaban J connectivity index is 0.00000294. The fourth-order valence-electron chi connectivity index (χ4n) is 5.12. The average molecular weight is 682 g/mol. The third kappa shape index (κ3) is 4.82. The molecule has 0 unspecified atom stereocenters. The van der Waals surface area contributed by atoms with Gasteiger partial charge in [-0.25, -0.2) is 0 Å². The van der Waals surface area contributed by atoms with E-state index in [9.17, 15) is 0 Å². The van der Waals surface area contributed by atoms with Gasteiger partial charge >= 0.3 is 0 Å². The number of hydrogen-bond donors (Lipinski definition) is 0. The maximum atomic E-state index is 4.99. The Hall–Kier alpha value is -3.95. The molecule has 0 saturated heterocycles. The molecule has 0 N–H and O–H groups in total. The van der Waals surface area contributed by atoms with Crippen LogP contribution < -0.4 is 20.7 Å². The van der Waals surface area contributed by atoms with Crippen molar-refractivity contribution in [3.8, 4) is 22.5 Å². The minimum absolute atomic E-state index is 0. The Morgan fingerprint density at radius 1 is 0.474 bits per heavy atom. The van der Waals surface area contributed by atoms with Gasteiger partial charge in [0, 0.05) is 38.2 Å². The minimum atomic E-state index is -2.56. The molecule has 1 radical (unpaired) electrons. The summed E-state index contributed by atoms with van der Waals surface area (Å²) in [6.45, 7) is 0. The van der Waals surface area contributed by atoms with E-state index in [-0.39, 0.29) is 20.1 Å². The SMILES string of the molecule is [Ir].[c-]1cc(-c2ccc([Si](c3ccccc3)(c3ccccc3)c3ccccc3)cn2)ccc1-c1ccccn1. The number of rotatable bonds is 6. The van der Waals surface area contributed by atoms with Crippen LogP contribution in [0.15, 0.2) is 152 Å². The molecule has 6 aromatic rings. The zero-order valence-corrected chi connectivity index (χ0v) is 24.1. The first-order valence-corrected chi connectivity index (χ1v) is 14.4. The van der Waals surface area contributed by atoms with Gasteiger partial charge in [0.05, 0.1) is 0 Å². The first-order valence-electron chi connectivity index (χ1n) is 12.4. The molecule has 0 aliphatic carbocycles. The minimum Gasteiger partial charge on any atom is -0.305 e. The molecule has 2 heterocycles. The second kappa shape index (κ2) is 11.6. The van der Waals surface area contributed by atoms with Gasteiger partial charge in [0.25, 0.3) is 0 Å². The van der Waals surface area contributed by atoms with Crippen LogP contribution in [-0.2, 0) is 20.1 Å². The summed E-state index contributed by atoms with van der Waals surface area (Å²) in [5.41, 5.74) is 3.87. The van der Waals surface area contributed by atoms with Gasteiger partial charge in [0.15, 0.2) is 8.07 Å². The van der Waals surface area contributed by atoms with Gasteiger partial charge in [0.2, 0.25) is 0 Å². The van der Waals surface area contributed by atoms with Crippen molar-refractivity contribution in [2.45, 2.75) is 0 Å². The second-order valence-corrected chi connectivity index (χ2v) is 12.8. The molecule has 6 rings (SSSR count). The Bertz CT molecular complexity index is 1480. The molecule has 2 aromatic heterocycles. The molecule has 0 spiro atoms. The van der Waals surface area contributed by atoms with Crippen LogP contribution in [0.3, 0.4) is 0 Å². The molecule has 0 atom stereocenters. The molecule has 0 aliphatic heterocycles. The zero-order valence-electron chi connectivity index (χ0n) is 20.7. The Morgan fingerprint density at radius 2 is 1.05 bits per heavy atom. The number of nitrogens with zero attached hydrogens (tertiary/aromatic N) is 2. The van der Waals surface area contributed by atoms with Crippen LogP contribution in [0.4, 0.5) is 0 Å². The second-order valence-electron chi connectivity index (χ2n) is 8.99. The number of pyridine rings is 2. The molecule has 2 nitrogen and oxygen atoms in total. The molecule has 0 bridgehead atoms. The van der Waals surface area contributed by atoms with E-state index in [1.807, 2.05) is 24.3 Å². The van der Waals surface area contributed by atoms with Crippen LogP contribution in [0.2, 0.25) is 0 Å². The zero-order chi connectivity index (χ0) is 24.9. The largest absolute Gasteiger partial charge is 0.305 e. The number of aromatic nitrogens is 2. The third-order valence-electron chi connectivity index (χ3n) is 6.87. The van der Waals surface area contributed by atoms with Crippen molar-refractivity contribution in [2.75, 3.05) is 0 Å². The van der Waals surface area contributed by atoms with Crippen LogP contribution >= 0.6 is 0 Å². The summed E-state index contributed by atoms with van der Waals surface area (Å²) in [4.78, 5) is 9.43. The van der Waals surface area contributed by atoms with Gasteiger partial charge in [-0.1, -0.05) is 115 Å². The van der Waals surface area contributed by atoms with Gasteiger partial charge in [-0.3, -0.25) is 4.98 Å². The summed E-state index contributed by atoms with van der Waals surface area (Å²) in [5, 5.41) is 5.29. The fourth-order valence-corrected chi connectivity index (χ4v) is 9.79. The van der Waals surface area contributed by atoms with E-state index < -0.39 is 8.07 Å². The van der Waals surface area contributed by atoms with Crippen molar-refractivity contribution in [1.29, 1.82) is 0 Å². The molecular weight excluding hydrogens is 657 g/mol. The van der Waals surface area contributed by atoms with Crippen molar-refractivity contribution < 1.29 is 20.1 Å². The summed E-state index contributed by atoms with van der Waals surface area (Å²) >= 11 is 0. The predicted octanol–water partition coefficient (Wildman–Crippen LogP) is 4.99. The molecule has 0 amide bonds. The van der Waals surface area contributed by atoms with Gasteiger partial charge in [-0.2, -0.15) is 0 Å². The van der Waals surface area contributed by atoms with Gasteiger partial charge < -0.3 is 4.98 Å². The smallest absolute Gasteiger partial charge is 0.181 e. The molecule has 0 fully saturated rings. The maximum absolute atomic E-state index is 4.99. The topological polar surface area (TPSA) is 25.8 Å². The monoisotopic (exact) mass is 682 g/mol. The molecule has 4 heteroatoms. The summed E-state index contributed by atoms with van der Waals surface area (Å²) < 4.78 is 0. The van der Waals surface area contributed by atoms with E-state index >= 15 is 0 Å². The van der Waals surface area contributed by atoms with Gasteiger partial charge in [-0.15, -0.1) is 29.8 Å². The quantitative estimate of drug-likeness (QED) is 0.141. The van der Waals surface area contributed by atoms with E-state index in [4.69, 9.17) is 4.98 Å². The van der Waals surface area contributed by atoms with Crippen LogP contribution in [0.5, 0.6) is 0 Å². The van der Waals surface area contributed by atoms with E-state index in [2.05, 4.69) is 133 Å². The number of benzene rings is 4.